The van der Waals surface area contributed by atoms with E-state index in [2.05, 4.69) is 10.2 Å². The Morgan fingerprint density at radius 3 is 2.21 bits per heavy atom. The Morgan fingerprint density at radius 2 is 1.79 bits per heavy atom. The Kier molecular flexibility index (Phi) is 5.18. The summed E-state index contributed by atoms with van der Waals surface area (Å²) in [5.74, 6) is 0. The molecule has 0 bridgehead atoms. The zero-order valence-corrected chi connectivity index (χ0v) is 12.8. The Morgan fingerprint density at radius 1 is 1.26 bits per heavy atom. The molecule has 1 saturated heterocycles. The second-order valence-electron chi connectivity index (χ2n) is 6.92. The van der Waals surface area contributed by atoms with Gasteiger partial charge in [-0.05, 0) is 47.5 Å². The van der Waals surface area contributed by atoms with Crippen LogP contribution in [-0.2, 0) is 4.74 Å². The third-order valence-corrected chi connectivity index (χ3v) is 2.91. The Bertz CT molecular complexity index is 300. The number of likely N-dealkylation sites (tertiary alicyclic amines) is 1. The first-order chi connectivity index (χ1) is 8.55. The summed E-state index contributed by atoms with van der Waals surface area (Å²) in [6.45, 7) is 10.8. The average molecular weight is 274 g/mol. The molecule has 0 spiro atoms. The van der Waals surface area contributed by atoms with Crippen LogP contribution in [0.5, 0.6) is 0 Å². The van der Waals surface area contributed by atoms with Gasteiger partial charge in [0.1, 0.15) is 11.3 Å². The van der Waals surface area contributed by atoms with Gasteiger partial charge in [0.2, 0.25) is 0 Å². The molecule has 1 rings (SSSR count). The second kappa shape index (κ2) is 6.07. The van der Waals surface area contributed by atoms with Crippen LogP contribution in [0.3, 0.4) is 0 Å². The fraction of sp³-hybridized carbons (Fsp3) is 0.929. The molecule has 1 amide bonds. The summed E-state index contributed by atoms with van der Waals surface area (Å²) in [4.78, 5) is 13.7. The number of piperidine rings is 1. The lowest BCUT2D eigenvalue weighted by atomic mass is 10.0. The molecule has 1 aliphatic rings. The summed E-state index contributed by atoms with van der Waals surface area (Å²) < 4.78 is 18.8. The lowest BCUT2D eigenvalue weighted by Gasteiger charge is -2.35. The van der Waals surface area contributed by atoms with E-state index in [9.17, 15) is 9.18 Å². The molecule has 0 saturated carbocycles. The molecule has 0 aromatic carbocycles. The number of nitrogens with one attached hydrogen (secondary N) is 1. The number of hydrogen-bond acceptors (Lipinski definition) is 3. The van der Waals surface area contributed by atoms with Crippen molar-refractivity contribution in [3.63, 3.8) is 0 Å². The van der Waals surface area contributed by atoms with E-state index in [1.807, 2.05) is 20.8 Å². The molecule has 1 aliphatic heterocycles. The first-order valence-corrected chi connectivity index (χ1v) is 6.96. The van der Waals surface area contributed by atoms with Crippen molar-refractivity contribution in [1.29, 1.82) is 0 Å². The number of carbonyl (C=O) groups excluding carboxylic acids is 1. The molecule has 0 radical (unpaired) electrons. The quantitative estimate of drug-likeness (QED) is 0.860. The Labute approximate surface area is 115 Å². The highest BCUT2D eigenvalue weighted by atomic mass is 19.1. The van der Waals surface area contributed by atoms with E-state index in [0.29, 0.717) is 6.54 Å². The van der Waals surface area contributed by atoms with Gasteiger partial charge in [0.05, 0.1) is 0 Å². The highest BCUT2D eigenvalue weighted by Crippen LogP contribution is 2.17. The van der Waals surface area contributed by atoms with Gasteiger partial charge in [0.25, 0.3) is 0 Å². The van der Waals surface area contributed by atoms with E-state index in [1.54, 1.807) is 13.8 Å². The highest BCUT2D eigenvalue weighted by Gasteiger charge is 2.26. The van der Waals surface area contributed by atoms with Gasteiger partial charge in [0.15, 0.2) is 0 Å². The summed E-state index contributed by atoms with van der Waals surface area (Å²) in [5, 5.41) is 2.88. The minimum Gasteiger partial charge on any atom is -0.444 e. The van der Waals surface area contributed by atoms with E-state index >= 15 is 0 Å². The topological polar surface area (TPSA) is 41.6 Å². The maximum atomic E-state index is 13.5. The maximum Gasteiger partial charge on any atom is 0.407 e. The van der Waals surface area contributed by atoms with Crippen LogP contribution in [0.4, 0.5) is 9.18 Å². The number of halogens is 1. The molecule has 0 aromatic rings. The van der Waals surface area contributed by atoms with Gasteiger partial charge in [-0.25, -0.2) is 9.18 Å². The minimum atomic E-state index is -1.16. The van der Waals surface area contributed by atoms with Crippen LogP contribution in [0.1, 0.15) is 47.5 Å². The fourth-order valence-electron chi connectivity index (χ4n) is 2.24. The Hall–Kier alpha value is -0.840. The monoisotopic (exact) mass is 274 g/mol. The van der Waals surface area contributed by atoms with Crippen molar-refractivity contribution in [2.24, 2.45) is 0 Å². The van der Waals surface area contributed by atoms with Crippen LogP contribution < -0.4 is 5.32 Å². The van der Waals surface area contributed by atoms with Crippen molar-refractivity contribution in [2.45, 2.75) is 64.8 Å². The van der Waals surface area contributed by atoms with Crippen LogP contribution in [0.15, 0.2) is 0 Å². The molecule has 5 heteroatoms. The Balaban J connectivity index is 2.29. The smallest absolute Gasteiger partial charge is 0.407 e. The molecule has 4 nitrogen and oxygen atoms in total. The van der Waals surface area contributed by atoms with Gasteiger partial charge in [-0.15, -0.1) is 0 Å². The SMILES string of the molecule is CC(C)(F)CN1CCC(NC(=O)OC(C)(C)C)CC1. The lowest BCUT2D eigenvalue weighted by Crippen LogP contribution is -2.48. The van der Waals surface area contributed by atoms with Gasteiger partial charge in [-0.2, -0.15) is 0 Å². The van der Waals surface area contributed by atoms with Crippen molar-refractivity contribution in [3.05, 3.63) is 0 Å². The number of amides is 1. The second-order valence-corrected chi connectivity index (χ2v) is 6.92. The van der Waals surface area contributed by atoms with Gasteiger partial charge in [-0.3, -0.25) is 0 Å². The molecule has 0 unspecified atom stereocenters. The zero-order valence-electron chi connectivity index (χ0n) is 12.8. The first kappa shape index (κ1) is 16.2. The largest absolute Gasteiger partial charge is 0.444 e. The summed E-state index contributed by atoms with van der Waals surface area (Å²) in [6, 6.07) is 0.133. The predicted molar refractivity (Wildman–Crippen MR) is 74.0 cm³/mol. The molecule has 1 heterocycles. The van der Waals surface area contributed by atoms with Crippen LogP contribution in [-0.4, -0.2) is 47.9 Å². The maximum absolute atomic E-state index is 13.5. The fourth-order valence-corrected chi connectivity index (χ4v) is 2.24. The summed E-state index contributed by atoms with van der Waals surface area (Å²) >= 11 is 0. The number of nitrogens with zero attached hydrogens (tertiary/aromatic N) is 1. The van der Waals surface area contributed by atoms with Crippen molar-refractivity contribution >= 4 is 6.09 Å². The van der Waals surface area contributed by atoms with Crippen molar-refractivity contribution in [2.75, 3.05) is 19.6 Å². The number of hydrogen-bond donors (Lipinski definition) is 1. The highest BCUT2D eigenvalue weighted by molar-refractivity contribution is 5.68. The molecule has 112 valence electrons. The molecule has 1 N–H and O–H groups in total. The van der Waals surface area contributed by atoms with Gasteiger partial charge < -0.3 is 15.0 Å². The zero-order chi connectivity index (χ0) is 14.7. The number of rotatable bonds is 3. The molecule has 0 aliphatic carbocycles. The third kappa shape index (κ3) is 7.35. The lowest BCUT2D eigenvalue weighted by molar-refractivity contribution is 0.0459. The van der Waals surface area contributed by atoms with Crippen LogP contribution >= 0.6 is 0 Å². The van der Waals surface area contributed by atoms with E-state index in [0.717, 1.165) is 25.9 Å². The molecule has 0 atom stereocenters. The number of ether oxygens (including phenoxy) is 1. The first-order valence-electron chi connectivity index (χ1n) is 6.96. The molecule has 1 fully saturated rings. The predicted octanol–water partition coefficient (Wildman–Crippen LogP) is 2.72. The van der Waals surface area contributed by atoms with Gasteiger partial charge >= 0.3 is 6.09 Å². The standard InChI is InChI=1S/C14H27FN2O2/c1-13(2,3)19-12(18)16-11-6-8-17(9-7-11)10-14(4,5)15/h11H,6-10H2,1-5H3,(H,16,18). The molecule has 0 aromatic heterocycles. The van der Waals surface area contributed by atoms with Crippen LogP contribution in [0.2, 0.25) is 0 Å². The number of carbonyl (C=O) groups is 1. The van der Waals surface area contributed by atoms with Gasteiger partial charge in [0, 0.05) is 25.7 Å². The van der Waals surface area contributed by atoms with Crippen LogP contribution in [0, 0.1) is 0 Å². The summed E-state index contributed by atoms with van der Waals surface area (Å²) in [5.41, 5.74) is -1.63. The van der Waals surface area contributed by atoms with E-state index < -0.39 is 11.3 Å². The average Bonchev–Trinajstić information content (AvgIpc) is 2.15. The number of alkyl carbamates (subject to hydrolysis) is 1. The van der Waals surface area contributed by atoms with E-state index in [-0.39, 0.29) is 12.1 Å². The third-order valence-electron chi connectivity index (χ3n) is 2.91. The van der Waals surface area contributed by atoms with E-state index in [4.69, 9.17) is 4.74 Å². The van der Waals surface area contributed by atoms with Crippen molar-refractivity contribution in [3.8, 4) is 0 Å². The van der Waals surface area contributed by atoms with E-state index in [1.165, 1.54) is 0 Å². The minimum absolute atomic E-state index is 0.133. The number of alkyl halides is 1. The van der Waals surface area contributed by atoms with Crippen molar-refractivity contribution < 1.29 is 13.9 Å². The summed E-state index contributed by atoms with van der Waals surface area (Å²) in [6.07, 6.45) is 1.32. The molecular formula is C14H27FN2O2. The van der Waals surface area contributed by atoms with Crippen LogP contribution in [0.25, 0.3) is 0 Å². The van der Waals surface area contributed by atoms with Gasteiger partial charge in [-0.1, -0.05) is 0 Å². The normalized spacial score (nSPS) is 19.3. The molecule has 19 heavy (non-hydrogen) atoms. The van der Waals surface area contributed by atoms with Crippen molar-refractivity contribution in [1.82, 2.24) is 10.2 Å². The summed E-state index contributed by atoms with van der Waals surface area (Å²) in [7, 11) is 0. The molecular weight excluding hydrogens is 247 g/mol.